The Kier molecular flexibility index (Phi) is 4.69. The zero-order valence-corrected chi connectivity index (χ0v) is 12.0. The van der Waals surface area contributed by atoms with Gasteiger partial charge in [0, 0.05) is 17.3 Å². The Morgan fingerprint density at radius 2 is 1.89 bits per heavy atom. The molecule has 0 bridgehead atoms. The van der Waals surface area contributed by atoms with Crippen molar-refractivity contribution in [1.29, 1.82) is 0 Å². The van der Waals surface area contributed by atoms with Gasteiger partial charge in [0.25, 0.3) is 0 Å². The minimum absolute atomic E-state index is 0.620. The van der Waals surface area contributed by atoms with Crippen LogP contribution in [0.1, 0.15) is 11.1 Å². The Morgan fingerprint density at radius 3 is 2.68 bits per heavy atom. The van der Waals surface area contributed by atoms with Gasteiger partial charge < -0.3 is 10.1 Å². The molecule has 3 heteroatoms. The highest BCUT2D eigenvalue weighted by molar-refractivity contribution is 6.31. The van der Waals surface area contributed by atoms with Crippen LogP contribution in [0.25, 0.3) is 0 Å². The molecule has 1 N–H and O–H groups in total. The molecule has 0 amide bonds. The lowest BCUT2D eigenvalue weighted by Gasteiger charge is -2.11. The molecule has 0 fully saturated rings. The molecule has 2 rings (SSSR count). The predicted octanol–water partition coefficient (Wildman–Crippen LogP) is 4.45. The average molecular weight is 276 g/mol. The topological polar surface area (TPSA) is 21.3 Å². The van der Waals surface area contributed by atoms with Crippen molar-refractivity contribution in [2.45, 2.75) is 13.8 Å². The zero-order chi connectivity index (χ0) is 13.7. The predicted molar refractivity (Wildman–Crippen MR) is 81.4 cm³/mol. The molecule has 0 saturated heterocycles. The molecule has 2 nitrogen and oxygen atoms in total. The third-order valence-electron chi connectivity index (χ3n) is 2.94. The van der Waals surface area contributed by atoms with E-state index < -0.39 is 0 Å². The van der Waals surface area contributed by atoms with Crippen molar-refractivity contribution in [2.24, 2.45) is 0 Å². The van der Waals surface area contributed by atoms with Crippen molar-refractivity contribution < 1.29 is 4.74 Å². The van der Waals surface area contributed by atoms with E-state index in [2.05, 4.69) is 18.3 Å². The summed E-state index contributed by atoms with van der Waals surface area (Å²) in [4.78, 5) is 0. The molecule has 2 aromatic carbocycles. The second kappa shape index (κ2) is 6.48. The van der Waals surface area contributed by atoms with Crippen molar-refractivity contribution in [3.63, 3.8) is 0 Å². The van der Waals surface area contributed by atoms with Crippen LogP contribution in [0.3, 0.4) is 0 Å². The fourth-order valence-corrected chi connectivity index (χ4v) is 2.03. The monoisotopic (exact) mass is 275 g/mol. The highest BCUT2D eigenvalue weighted by atomic mass is 35.5. The Morgan fingerprint density at radius 1 is 1.11 bits per heavy atom. The van der Waals surface area contributed by atoms with E-state index in [1.165, 1.54) is 5.56 Å². The number of hydrogen-bond acceptors (Lipinski definition) is 2. The van der Waals surface area contributed by atoms with Gasteiger partial charge in [-0.2, -0.15) is 0 Å². The van der Waals surface area contributed by atoms with Crippen LogP contribution in [-0.2, 0) is 0 Å². The lowest BCUT2D eigenvalue weighted by Crippen LogP contribution is -2.12. The van der Waals surface area contributed by atoms with E-state index in [-0.39, 0.29) is 0 Å². The van der Waals surface area contributed by atoms with Crippen molar-refractivity contribution in [2.75, 3.05) is 18.5 Å². The first kappa shape index (κ1) is 13.8. The number of ether oxygens (including phenoxy) is 1. The Bertz CT molecular complexity index is 554. The van der Waals surface area contributed by atoms with E-state index in [4.69, 9.17) is 16.3 Å². The summed E-state index contributed by atoms with van der Waals surface area (Å²) in [5, 5.41) is 4.11. The van der Waals surface area contributed by atoms with Crippen LogP contribution >= 0.6 is 11.6 Å². The van der Waals surface area contributed by atoms with Gasteiger partial charge in [0.1, 0.15) is 12.4 Å². The number of anilines is 1. The first-order valence-corrected chi connectivity index (χ1v) is 6.73. The van der Waals surface area contributed by atoms with Gasteiger partial charge in [0.15, 0.2) is 0 Å². The molecular weight excluding hydrogens is 258 g/mol. The van der Waals surface area contributed by atoms with Crippen LogP contribution in [0.2, 0.25) is 5.02 Å². The van der Waals surface area contributed by atoms with E-state index in [1.807, 2.05) is 43.3 Å². The summed E-state index contributed by atoms with van der Waals surface area (Å²) in [6, 6.07) is 13.9. The van der Waals surface area contributed by atoms with Gasteiger partial charge >= 0.3 is 0 Å². The SMILES string of the molecule is Cc1cccc(OCCNc2cccc(Cl)c2C)c1. The Balaban J connectivity index is 1.82. The van der Waals surface area contributed by atoms with Crippen LogP contribution < -0.4 is 10.1 Å². The fraction of sp³-hybridized carbons (Fsp3) is 0.250. The van der Waals surface area contributed by atoms with Crippen LogP contribution in [0.4, 0.5) is 5.69 Å². The van der Waals surface area contributed by atoms with Crippen LogP contribution in [-0.4, -0.2) is 13.2 Å². The van der Waals surface area contributed by atoms with Crippen LogP contribution in [0.5, 0.6) is 5.75 Å². The molecule has 19 heavy (non-hydrogen) atoms. The molecule has 100 valence electrons. The molecule has 0 heterocycles. The Hall–Kier alpha value is -1.67. The maximum atomic E-state index is 6.07. The van der Waals surface area contributed by atoms with Crippen LogP contribution in [0, 0.1) is 13.8 Å². The summed E-state index contributed by atoms with van der Waals surface area (Å²) < 4.78 is 5.68. The van der Waals surface area contributed by atoms with Gasteiger partial charge in [-0.3, -0.25) is 0 Å². The van der Waals surface area contributed by atoms with Gasteiger partial charge in [-0.1, -0.05) is 29.8 Å². The second-order valence-electron chi connectivity index (χ2n) is 4.50. The van der Waals surface area contributed by atoms with Gasteiger partial charge in [0.2, 0.25) is 0 Å². The third-order valence-corrected chi connectivity index (χ3v) is 3.35. The largest absolute Gasteiger partial charge is 0.492 e. The van der Waals surface area contributed by atoms with Crippen molar-refractivity contribution in [3.8, 4) is 5.75 Å². The minimum Gasteiger partial charge on any atom is -0.492 e. The number of benzene rings is 2. The first-order chi connectivity index (χ1) is 9.16. The van der Waals surface area contributed by atoms with Crippen molar-refractivity contribution in [1.82, 2.24) is 0 Å². The molecule has 0 unspecified atom stereocenters. The molecule has 0 aliphatic heterocycles. The number of halogens is 1. The lowest BCUT2D eigenvalue weighted by atomic mass is 10.2. The second-order valence-corrected chi connectivity index (χ2v) is 4.91. The lowest BCUT2D eigenvalue weighted by molar-refractivity contribution is 0.332. The van der Waals surface area contributed by atoms with Gasteiger partial charge in [0.05, 0.1) is 0 Å². The fourth-order valence-electron chi connectivity index (χ4n) is 1.86. The highest BCUT2D eigenvalue weighted by Crippen LogP contribution is 2.22. The van der Waals surface area contributed by atoms with E-state index in [9.17, 15) is 0 Å². The number of rotatable bonds is 5. The van der Waals surface area contributed by atoms with Gasteiger partial charge in [-0.15, -0.1) is 0 Å². The van der Waals surface area contributed by atoms with Gasteiger partial charge in [-0.05, 0) is 49.2 Å². The number of hydrogen-bond donors (Lipinski definition) is 1. The summed E-state index contributed by atoms with van der Waals surface area (Å²) in [6.07, 6.45) is 0. The molecule has 2 aromatic rings. The molecule has 0 saturated carbocycles. The van der Waals surface area contributed by atoms with E-state index >= 15 is 0 Å². The molecule has 0 spiro atoms. The summed E-state index contributed by atoms with van der Waals surface area (Å²) >= 11 is 6.07. The smallest absolute Gasteiger partial charge is 0.119 e. The first-order valence-electron chi connectivity index (χ1n) is 6.35. The van der Waals surface area contributed by atoms with Gasteiger partial charge in [-0.25, -0.2) is 0 Å². The van der Waals surface area contributed by atoms with Crippen molar-refractivity contribution in [3.05, 3.63) is 58.6 Å². The third kappa shape index (κ3) is 3.90. The number of aryl methyl sites for hydroxylation is 1. The van der Waals surface area contributed by atoms with Crippen LogP contribution in [0.15, 0.2) is 42.5 Å². The zero-order valence-electron chi connectivity index (χ0n) is 11.2. The average Bonchev–Trinajstić information content (AvgIpc) is 2.39. The summed E-state index contributed by atoms with van der Waals surface area (Å²) in [7, 11) is 0. The van der Waals surface area contributed by atoms with E-state index in [0.29, 0.717) is 6.61 Å². The number of nitrogens with one attached hydrogen (secondary N) is 1. The molecule has 0 aliphatic rings. The maximum absolute atomic E-state index is 6.07. The standard InChI is InChI=1S/C16H18ClNO/c1-12-5-3-6-14(11-12)19-10-9-18-16-8-4-7-15(17)13(16)2/h3-8,11,18H,9-10H2,1-2H3. The quantitative estimate of drug-likeness (QED) is 0.814. The molecule has 0 radical (unpaired) electrons. The normalized spacial score (nSPS) is 10.3. The van der Waals surface area contributed by atoms with E-state index in [0.717, 1.165) is 28.6 Å². The minimum atomic E-state index is 0.620. The molecular formula is C16H18ClNO. The summed E-state index contributed by atoms with van der Waals surface area (Å²) in [5.41, 5.74) is 3.33. The summed E-state index contributed by atoms with van der Waals surface area (Å²) in [6.45, 7) is 5.43. The highest BCUT2D eigenvalue weighted by Gasteiger charge is 2.01. The van der Waals surface area contributed by atoms with Crippen molar-refractivity contribution >= 4 is 17.3 Å². The molecule has 0 aliphatic carbocycles. The molecule has 0 aromatic heterocycles. The van der Waals surface area contributed by atoms with E-state index in [1.54, 1.807) is 0 Å². The Labute approximate surface area is 119 Å². The summed E-state index contributed by atoms with van der Waals surface area (Å²) in [5.74, 6) is 0.907. The molecule has 0 atom stereocenters. The maximum Gasteiger partial charge on any atom is 0.119 e.